The van der Waals surface area contributed by atoms with Crippen LogP contribution in [0, 0.1) is 6.92 Å². The number of carbonyl (C=O) groups is 4. The Labute approximate surface area is 426 Å². The fourth-order valence-corrected chi connectivity index (χ4v) is 11.5. The Bertz CT molecular complexity index is 2820. The highest BCUT2D eigenvalue weighted by Crippen LogP contribution is 2.40. The number of fused-ring (bicyclic) bond motifs is 1. The molecule has 0 radical (unpaired) electrons. The van der Waals surface area contributed by atoms with Gasteiger partial charge in [0.25, 0.3) is 11.8 Å². The molecule has 13 nitrogen and oxygen atoms in total. The zero-order valence-corrected chi connectivity index (χ0v) is 44.8. The molecular formula is C58H71N5O8Si. The monoisotopic (exact) mass is 994 g/mol. The number of aryl methyl sites for hydroxylation is 1. The van der Waals surface area contributed by atoms with Crippen molar-refractivity contribution in [2.75, 3.05) is 64.2 Å². The van der Waals surface area contributed by atoms with Crippen LogP contribution in [0.4, 0.5) is 16.2 Å². The summed E-state index contributed by atoms with van der Waals surface area (Å²) in [6.07, 6.45) is 2.38. The third-order valence-electron chi connectivity index (χ3n) is 12.9. The lowest BCUT2D eigenvalue weighted by atomic mass is 9.83. The van der Waals surface area contributed by atoms with Gasteiger partial charge in [-0.2, -0.15) is 0 Å². The molecule has 2 heterocycles. The molecule has 14 heteroatoms. The Morgan fingerprint density at radius 3 is 2.04 bits per heavy atom. The van der Waals surface area contributed by atoms with Crippen LogP contribution < -0.4 is 30.1 Å². The van der Waals surface area contributed by atoms with Crippen molar-refractivity contribution in [3.63, 3.8) is 0 Å². The average molecular weight is 994 g/mol. The molecule has 5 aromatic carbocycles. The van der Waals surface area contributed by atoms with E-state index in [0.29, 0.717) is 57.9 Å². The predicted octanol–water partition coefficient (Wildman–Crippen LogP) is 9.34. The molecule has 6 aromatic rings. The van der Waals surface area contributed by atoms with Crippen molar-refractivity contribution >= 4 is 65.5 Å². The van der Waals surface area contributed by atoms with Crippen molar-refractivity contribution in [3.05, 3.63) is 143 Å². The van der Waals surface area contributed by atoms with Gasteiger partial charge >= 0.3 is 6.09 Å². The van der Waals surface area contributed by atoms with E-state index in [-0.39, 0.29) is 24.2 Å². The summed E-state index contributed by atoms with van der Waals surface area (Å²) in [6.45, 7) is 17.6. The molecule has 380 valence electrons. The molecule has 1 aromatic heterocycles. The van der Waals surface area contributed by atoms with Crippen LogP contribution >= 0.6 is 0 Å². The van der Waals surface area contributed by atoms with E-state index < -0.39 is 32.1 Å². The van der Waals surface area contributed by atoms with Crippen molar-refractivity contribution in [3.8, 4) is 11.5 Å². The first-order chi connectivity index (χ1) is 34.3. The Morgan fingerprint density at radius 1 is 0.750 bits per heavy atom. The smallest absolute Gasteiger partial charge is 0.419 e. The maximum Gasteiger partial charge on any atom is 0.419 e. The molecule has 1 aliphatic rings. The topological polar surface area (TPSA) is 132 Å². The molecule has 0 unspecified atom stereocenters. The number of benzene rings is 5. The molecule has 1 fully saturated rings. The highest BCUT2D eigenvalue weighted by Gasteiger charge is 2.34. The number of hydrogen-bond acceptors (Lipinski definition) is 9. The second kappa shape index (κ2) is 23.2. The molecular weight excluding hydrogens is 923 g/mol. The summed E-state index contributed by atoms with van der Waals surface area (Å²) in [5, 5.41) is 5.84. The molecule has 0 spiro atoms. The van der Waals surface area contributed by atoms with Gasteiger partial charge in [-0.3, -0.25) is 14.4 Å². The molecule has 0 aliphatic carbocycles. The number of aromatic nitrogens is 1. The maximum atomic E-state index is 14.7. The summed E-state index contributed by atoms with van der Waals surface area (Å²) >= 11 is 0. The first-order valence-corrected chi connectivity index (χ1v) is 26.6. The minimum absolute atomic E-state index is 0.0804. The maximum absolute atomic E-state index is 14.7. The van der Waals surface area contributed by atoms with Crippen molar-refractivity contribution < 1.29 is 37.8 Å². The van der Waals surface area contributed by atoms with Crippen molar-refractivity contribution in [1.29, 1.82) is 0 Å². The number of unbranched alkanes of at least 4 members (excludes halogenated alkanes) is 2. The molecule has 72 heavy (non-hydrogen) atoms. The van der Waals surface area contributed by atoms with Gasteiger partial charge in [-0.25, -0.2) is 9.36 Å². The Hall–Kier alpha value is -6.74. The highest BCUT2D eigenvalue weighted by atomic mass is 28.3. The Balaban J connectivity index is 1.12. The number of nitrogens with one attached hydrogen (secondary N) is 1. The van der Waals surface area contributed by atoms with E-state index in [0.717, 1.165) is 66.9 Å². The highest BCUT2D eigenvalue weighted by molar-refractivity contribution is 6.80. The van der Waals surface area contributed by atoms with E-state index in [1.54, 1.807) is 46.8 Å². The Morgan fingerprint density at radius 2 is 1.42 bits per heavy atom. The van der Waals surface area contributed by atoms with Gasteiger partial charge in [0.1, 0.15) is 17.1 Å². The van der Waals surface area contributed by atoms with E-state index in [1.165, 1.54) is 7.11 Å². The van der Waals surface area contributed by atoms with Gasteiger partial charge in [0.15, 0.2) is 0 Å². The average Bonchev–Trinajstić information content (AvgIpc) is 3.70. The fourth-order valence-electron chi connectivity index (χ4n) is 9.23. The van der Waals surface area contributed by atoms with Crippen LogP contribution in [0.15, 0.2) is 115 Å². The van der Waals surface area contributed by atoms with Crippen LogP contribution in [0.2, 0.25) is 0 Å². The van der Waals surface area contributed by atoms with Gasteiger partial charge in [-0.15, -0.1) is 0 Å². The predicted molar refractivity (Wildman–Crippen MR) is 289 cm³/mol. The van der Waals surface area contributed by atoms with Gasteiger partial charge in [-0.05, 0) is 123 Å². The summed E-state index contributed by atoms with van der Waals surface area (Å²) in [5.41, 5.74) is 3.16. The minimum Gasteiger partial charge on any atom is -0.495 e. The molecule has 1 N–H and O–H groups in total. The minimum atomic E-state index is -2.28. The number of nitrogens with zero attached hydrogens (tertiary/aromatic N) is 4. The number of amides is 3. The lowest BCUT2D eigenvalue weighted by molar-refractivity contribution is -0.132. The summed E-state index contributed by atoms with van der Waals surface area (Å²) in [6, 6.07) is 36.3. The number of likely N-dealkylation sites (N-methyl/N-ethyl adjacent to an activating group) is 1. The lowest BCUT2D eigenvalue weighted by Gasteiger charge is -2.32. The van der Waals surface area contributed by atoms with Gasteiger partial charge < -0.3 is 38.7 Å². The van der Waals surface area contributed by atoms with Crippen molar-refractivity contribution in [1.82, 2.24) is 14.4 Å². The van der Waals surface area contributed by atoms with Crippen LogP contribution in [0.3, 0.4) is 0 Å². The summed E-state index contributed by atoms with van der Waals surface area (Å²) < 4.78 is 26.7. The second-order valence-corrected chi connectivity index (χ2v) is 23.1. The number of carbonyl (C=O) groups excluding carboxylic acids is 4. The number of methoxy groups -OCH3 is 1. The van der Waals surface area contributed by atoms with Crippen LogP contribution in [0.25, 0.3) is 10.9 Å². The van der Waals surface area contributed by atoms with E-state index in [9.17, 15) is 19.2 Å². The van der Waals surface area contributed by atoms with Crippen LogP contribution in [-0.4, -0.2) is 107 Å². The molecule has 1 aliphatic heterocycles. The first-order valence-electron chi connectivity index (χ1n) is 24.9. The zero-order valence-electron chi connectivity index (χ0n) is 43.7. The van der Waals surface area contributed by atoms with Gasteiger partial charge in [0.2, 0.25) is 14.9 Å². The molecule has 0 bridgehead atoms. The van der Waals surface area contributed by atoms with E-state index in [4.69, 9.17) is 18.6 Å². The number of rotatable bonds is 17. The normalized spacial score (nSPS) is 13.3. The third kappa shape index (κ3) is 12.8. The van der Waals surface area contributed by atoms with Crippen molar-refractivity contribution in [2.45, 2.75) is 91.8 Å². The number of anilines is 2. The number of piperazine rings is 1. The van der Waals surface area contributed by atoms with Crippen LogP contribution in [0.5, 0.6) is 11.5 Å². The van der Waals surface area contributed by atoms with Crippen LogP contribution in [0.1, 0.15) is 105 Å². The van der Waals surface area contributed by atoms with Gasteiger partial charge in [0.05, 0.1) is 42.9 Å². The summed E-state index contributed by atoms with van der Waals surface area (Å²) in [5.74, 6) is 0.355. The molecule has 0 saturated carbocycles. The van der Waals surface area contributed by atoms with Gasteiger partial charge in [-0.1, -0.05) is 93.6 Å². The van der Waals surface area contributed by atoms with Gasteiger partial charge in [0, 0.05) is 56.2 Å². The standard InChI is InChI=1S/C58H71N5O8Si/c1-40-28-31-46(50(37-40)69-36-19-13-18-27-51(64)62-34-32-60(8)33-35-62)61(9)55(66)41-29-30-45(49(38-41)68-10)59-54(65)44-25-20-26-47-52(44)53(57(2,3)4)48(63(47)56(67)71-58(5,6)7)39-70-72(42-21-14-11-15-22-42)43-23-16-12-17-24-43/h11-12,14-17,20-26,28-31,37-38,72H,13,18-19,27,32-36,39H2,1-10H3,(H,59,65). The molecule has 1 saturated heterocycles. The van der Waals surface area contributed by atoms with Crippen molar-refractivity contribution in [2.24, 2.45) is 0 Å². The first kappa shape index (κ1) is 53.1. The number of ether oxygens (including phenoxy) is 3. The molecule has 0 atom stereocenters. The molecule has 7 rings (SSSR count). The summed E-state index contributed by atoms with van der Waals surface area (Å²) in [7, 11) is 2.99. The zero-order chi connectivity index (χ0) is 51.7. The SMILES string of the molecule is COc1cc(C(=O)N(C)c2ccc(C)cc2OCCCCCC(=O)N2CCN(C)CC2)ccc1NC(=O)c1cccc2c1c(C(C)(C)C)c(CO[SiH](c1ccccc1)c1ccccc1)n2C(=O)OC(C)(C)C. The third-order valence-corrected chi connectivity index (χ3v) is 15.4. The Kier molecular flexibility index (Phi) is 17.1. The fraction of sp³-hybridized carbons (Fsp3) is 0.379. The summed E-state index contributed by atoms with van der Waals surface area (Å²) in [4.78, 5) is 61.8. The quantitative estimate of drug-likeness (QED) is 0.0702. The van der Waals surface area contributed by atoms with E-state index in [1.807, 2.05) is 93.3 Å². The number of hydrogen-bond donors (Lipinski definition) is 1. The second-order valence-electron chi connectivity index (χ2n) is 20.6. The largest absolute Gasteiger partial charge is 0.495 e. The van der Waals surface area contributed by atoms with Crippen LogP contribution in [-0.2, 0) is 26.0 Å². The molecule has 3 amide bonds. The van der Waals surface area contributed by atoms with E-state index >= 15 is 0 Å². The lowest BCUT2D eigenvalue weighted by Crippen LogP contribution is -2.47. The van der Waals surface area contributed by atoms with E-state index in [2.05, 4.69) is 62.3 Å².